The highest BCUT2D eigenvalue weighted by atomic mass is 16.5. The molecule has 1 aliphatic heterocycles. The summed E-state index contributed by atoms with van der Waals surface area (Å²) in [6.45, 7) is 6.71. The van der Waals surface area contributed by atoms with E-state index in [4.69, 9.17) is 4.74 Å². The summed E-state index contributed by atoms with van der Waals surface area (Å²) in [7, 11) is 0. The van der Waals surface area contributed by atoms with Gasteiger partial charge in [-0.25, -0.2) is 0 Å². The Hall–Kier alpha value is -1.35. The lowest BCUT2D eigenvalue weighted by molar-refractivity contribution is -0.144. The normalized spacial score (nSPS) is 21.1. The molecule has 0 radical (unpaired) electrons. The van der Waals surface area contributed by atoms with Crippen molar-refractivity contribution >= 4 is 5.97 Å². The zero-order valence-electron chi connectivity index (χ0n) is 11.9. The molecule has 1 aromatic carbocycles. The van der Waals surface area contributed by atoms with Crippen LogP contribution in [0.1, 0.15) is 47.4 Å². The standard InChI is InChI=1S/C16H22O3/c1-10-8-11(2)14(12(3)9-10)15(16(17)18)13-6-4-5-7-19-13/h8-9,13,15H,4-7H2,1-3H3,(H,17,18). The maximum Gasteiger partial charge on any atom is 0.313 e. The maximum atomic E-state index is 11.7. The average molecular weight is 262 g/mol. The lowest BCUT2D eigenvalue weighted by atomic mass is 9.83. The van der Waals surface area contributed by atoms with Gasteiger partial charge in [0.1, 0.15) is 5.92 Å². The summed E-state index contributed by atoms with van der Waals surface area (Å²) in [5.41, 5.74) is 4.22. The molecule has 3 nitrogen and oxygen atoms in total. The van der Waals surface area contributed by atoms with E-state index in [0.717, 1.165) is 36.0 Å². The fourth-order valence-corrected chi connectivity index (χ4v) is 3.18. The minimum atomic E-state index is -0.776. The number of carbonyl (C=O) groups is 1. The van der Waals surface area contributed by atoms with E-state index in [1.54, 1.807) is 0 Å². The van der Waals surface area contributed by atoms with Gasteiger partial charge in [-0.05, 0) is 56.7 Å². The summed E-state index contributed by atoms with van der Waals surface area (Å²) in [6, 6.07) is 4.11. The first kappa shape index (κ1) is 14.1. The van der Waals surface area contributed by atoms with Crippen molar-refractivity contribution in [3.63, 3.8) is 0 Å². The number of hydrogen-bond donors (Lipinski definition) is 1. The van der Waals surface area contributed by atoms with Crippen molar-refractivity contribution in [3.8, 4) is 0 Å². The fraction of sp³-hybridized carbons (Fsp3) is 0.562. The van der Waals surface area contributed by atoms with E-state index in [1.807, 2.05) is 20.8 Å². The van der Waals surface area contributed by atoms with E-state index in [0.29, 0.717) is 6.61 Å². The van der Waals surface area contributed by atoms with Crippen LogP contribution in [0, 0.1) is 20.8 Å². The molecule has 2 rings (SSSR count). The Kier molecular flexibility index (Phi) is 4.25. The second-order valence-corrected chi connectivity index (χ2v) is 5.53. The highest BCUT2D eigenvalue weighted by molar-refractivity contribution is 5.78. The van der Waals surface area contributed by atoms with Crippen molar-refractivity contribution in [2.45, 2.75) is 52.1 Å². The summed E-state index contributed by atoms with van der Waals surface area (Å²) in [6.07, 6.45) is 2.74. The first-order chi connectivity index (χ1) is 9.00. The Morgan fingerprint density at radius 3 is 2.37 bits per heavy atom. The van der Waals surface area contributed by atoms with Crippen molar-refractivity contribution < 1.29 is 14.6 Å². The predicted octanol–water partition coefficient (Wildman–Crippen LogP) is 3.35. The number of carboxylic acid groups (broad SMARTS) is 1. The number of hydrogen-bond acceptors (Lipinski definition) is 2. The molecule has 104 valence electrons. The summed E-state index contributed by atoms with van der Waals surface area (Å²) in [5.74, 6) is -1.32. The molecule has 1 fully saturated rings. The van der Waals surface area contributed by atoms with E-state index >= 15 is 0 Å². The SMILES string of the molecule is Cc1cc(C)c(C(C(=O)O)C2CCCCO2)c(C)c1. The Morgan fingerprint density at radius 1 is 1.26 bits per heavy atom. The Labute approximate surface area is 114 Å². The summed E-state index contributed by atoms with van der Waals surface area (Å²) < 4.78 is 5.72. The van der Waals surface area contributed by atoms with Gasteiger partial charge in [0.25, 0.3) is 0 Å². The minimum absolute atomic E-state index is 0.189. The molecular weight excluding hydrogens is 240 g/mol. The van der Waals surface area contributed by atoms with Gasteiger partial charge in [0, 0.05) is 6.61 Å². The van der Waals surface area contributed by atoms with Crippen molar-refractivity contribution in [1.82, 2.24) is 0 Å². The zero-order valence-corrected chi connectivity index (χ0v) is 11.9. The van der Waals surface area contributed by atoms with Gasteiger partial charge in [0.2, 0.25) is 0 Å². The molecule has 1 heterocycles. The van der Waals surface area contributed by atoms with Crippen LogP contribution in [0.3, 0.4) is 0 Å². The van der Waals surface area contributed by atoms with Crippen LogP contribution in [-0.2, 0) is 9.53 Å². The summed E-state index contributed by atoms with van der Waals surface area (Å²) in [5, 5.41) is 9.62. The van der Waals surface area contributed by atoms with E-state index in [2.05, 4.69) is 12.1 Å². The van der Waals surface area contributed by atoms with Gasteiger partial charge in [-0.1, -0.05) is 17.7 Å². The predicted molar refractivity (Wildman–Crippen MR) is 74.6 cm³/mol. The summed E-state index contributed by atoms with van der Waals surface area (Å²) in [4.78, 5) is 11.7. The number of aliphatic carboxylic acids is 1. The second-order valence-electron chi connectivity index (χ2n) is 5.53. The lowest BCUT2D eigenvalue weighted by Gasteiger charge is -2.30. The first-order valence-corrected chi connectivity index (χ1v) is 6.93. The van der Waals surface area contributed by atoms with Gasteiger partial charge < -0.3 is 9.84 Å². The van der Waals surface area contributed by atoms with Crippen LogP contribution in [0.4, 0.5) is 0 Å². The molecule has 1 aromatic rings. The topological polar surface area (TPSA) is 46.5 Å². The second kappa shape index (κ2) is 5.74. The van der Waals surface area contributed by atoms with Crippen LogP contribution in [0.25, 0.3) is 0 Å². The zero-order chi connectivity index (χ0) is 14.0. The third-order valence-electron chi connectivity index (χ3n) is 3.90. The van der Waals surface area contributed by atoms with Crippen LogP contribution in [0.2, 0.25) is 0 Å². The molecule has 1 N–H and O–H groups in total. The molecule has 3 heteroatoms. The Morgan fingerprint density at radius 2 is 1.89 bits per heavy atom. The molecule has 0 amide bonds. The smallest absolute Gasteiger partial charge is 0.313 e. The Bertz CT molecular complexity index is 450. The molecule has 1 saturated heterocycles. The largest absolute Gasteiger partial charge is 0.481 e. The molecule has 19 heavy (non-hydrogen) atoms. The monoisotopic (exact) mass is 262 g/mol. The molecule has 0 spiro atoms. The van der Waals surface area contributed by atoms with Gasteiger partial charge in [0.15, 0.2) is 0 Å². The number of aryl methyl sites for hydroxylation is 3. The van der Waals surface area contributed by atoms with Crippen molar-refractivity contribution in [1.29, 1.82) is 0 Å². The van der Waals surface area contributed by atoms with Crippen LogP contribution < -0.4 is 0 Å². The number of benzene rings is 1. The molecule has 2 unspecified atom stereocenters. The van der Waals surface area contributed by atoms with Gasteiger partial charge in [0.05, 0.1) is 6.10 Å². The fourth-order valence-electron chi connectivity index (χ4n) is 3.18. The molecule has 0 bridgehead atoms. The lowest BCUT2D eigenvalue weighted by Crippen LogP contribution is -2.32. The van der Waals surface area contributed by atoms with Crippen molar-refractivity contribution in [2.75, 3.05) is 6.61 Å². The van der Waals surface area contributed by atoms with E-state index in [9.17, 15) is 9.90 Å². The molecule has 0 aromatic heterocycles. The third kappa shape index (κ3) is 2.98. The maximum absolute atomic E-state index is 11.7. The van der Waals surface area contributed by atoms with Crippen molar-refractivity contribution in [3.05, 3.63) is 34.4 Å². The number of carboxylic acids is 1. The van der Waals surface area contributed by atoms with Gasteiger partial charge in [-0.2, -0.15) is 0 Å². The van der Waals surface area contributed by atoms with E-state index < -0.39 is 11.9 Å². The first-order valence-electron chi connectivity index (χ1n) is 6.93. The molecule has 1 aliphatic rings. The Balaban J connectivity index is 2.41. The molecule has 0 saturated carbocycles. The van der Waals surface area contributed by atoms with Gasteiger partial charge in [-0.3, -0.25) is 4.79 Å². The van der Waals surface area contributed by atoms with Crippen LogP contribution in [0.15, 0.2) is 12.1 Å². The average Bonchev–Trinajstić information content (AvgIpc) is 2.34. The molecule has 0 aliphatic carbocycles. The molecule has 2 atom stereocenters. The van der Waals surface area contributed by atoms with Crippen LogP contribution in [0.5, 0.6) is 0 Å². The van der Waals surface area contributed by atoms with Gasteiger partial charge >= 0.3 is 5.97 Å². The number of ether oxygens (including phenoxy) is 1. The quantitative estimate of drug-likeness (QED) is 0.908. The number of rotatable bonds is 3. The van der Waals surface area contributed by atoms with Crippen LogP contribution >= 0.6 is 0 Å². The third-order valence-corrected chi connectivity index (χ3v) is 3.90. The highest BCUT2D eigenvalue weighted by Gasteiger charge is 2.33. The highest BCUT2D eigenvalue weighted by Crippen LogP contribution is 2.33. The minimum Gasteiger partial charge on any atom is -0.481 e. The van der Waals surface area contributed by atoms with Crippen LogP contribution in [-0.4, -0.2) is 23.8 Å². The van der Waals surface area contributed by atoms with E-state index in [-0.39, 0.29) is 6.10 Å². The molecular formula is C16H22O3. The van der Waals surface area contributed by atoms with Crippen molar-refractivity contribution in [2.24, 2.45) is 0 Å². The van der Waals surface area contributed by atoms with Gasteiger partial charge in [-0.15, -0.1) is 0 Å². The summed E-state index contributed by atoms with van der Waals surface area (Å²) >= 11 is 0. The van der Waals surface area contributed by atoms with E-state index in [1.165, 1.54) is 5.56 Å².